The van der Waals surface area contributed by atoms with Gasteiger partial charge in [-0.1, -0.05) is 30.2 Å². The lowest BCUT2D eigenvalue weighted by atomic mass is 9.72. The molecule has 1 aliphatic heterocycles. The van der Waals surface area contributed by atoms with E-state index in [1.165, 1.54) is 30.4 Å². The maximum absolute atomic E-state index is 10.4. The zero-order valence-corrected chi connectivity index (χ0v) is 14.8. The van der Waals surface area contributed by atoms with Gasteiger partial charge >= 0.3 is 0 Å². The molecule has 2 rings (SSSR count). The van der Waals surface area contributed by atoms with Crippen LogP contribution in [0.25, 0.3) is 0 Å². The summed E-state index contributed by atoms with van der Waals surface area (Å²) in [5.74, 6) is 2.09. The number of aliphatic hydroxyl groups is 1. The maximum atomic E-state index is 10.4. The predicted molar refractivity (Wildman–Crippen MR) is 92.5 cm³/mol. The highest BCUT2D eigenvalue weighted by atomic mass is 16.6. The van der Waals surface area contributed by atoms with Crippen LogP contribution in [-0.4, -0.2) is 18.0 Å². The van der Waals surface area contributed by atoms with Gasteiger partial charge in [-0.25, -0.2) is 0 Å². The topological polar surface area (TPSA) is 29.5 Å². The fourth-order valence-corrected chi connectivity index (χ4v) is 4.26. The highest BCUT2D eigenvalue weighted by molar-refractivity contribution is 5.02. The van der Waals surface area contributed by atoms with E-state index in [2.05, 4.69) is 39.8 Å². The zero-order valence-electron chi connectivity index (χ0n) is 14.8. The Kier molecular flexibility index (Phi) is 6.70. The Morgan fingerprint density at radius 3 is 2.91 bits per heavy atom. The molecule has 0 amide bonds. The SMILES string of the molecule is CC(C)=CCCC(C)C1CC/C(C)=C/CCC2COC(O)C21. The van der Waals surface area contributed by atoms with E-state index < -0.39 is 6.29 Å². The van der Waals surface area contributed by atoms with Gasteiger partial charge in [0.2, 0.25) is 0 Å². The van der Waals surface area contributed by atoms with Crippen molar-refractivity contribution >= 4 is 0 Å². The average molecular weight is 306 g/mol. The minimum atomic E-state index is -0.542. The first-order valence-electron chi connectivity index (χ1n) is 9.07. The second-order valence-corrected chi connectivity index (χ2v) is 7.73. The summed E-state index contributed by atoms with van der Waals surface area (Å²) in [6.45, 7) is 9.73. The Morgan fingerprint density at radius 2 is 2.18 bits per heavy atom. The molecule has 126 valence electrons. The molecule has 1 aliphatic carbocycles. The number of hydrogen-bond donors (Lipinski definition) is 1. The van der Waals surface area contributed by atoms with Crippen LogP contribution in [0.3, 0.4) is 0 Å². The van der Waals surface area contributed by atoms with E-state index in [0.717, 1.165) is 25.9 Å². The van der Waals surface area contributed by atoms with Gasteiger partial charge in [0.05, 0.1) is 6.61 Å². The number of aliphatic hydroxyl groups excluding tert-OH is 1. The first-order valence-corrected chi connectivity index (χ1v) is 9.07. The second-order valence-electron chi connectivity index (χ2n) is 7.73. The summed E-state index contributed by atoms with van der Waals surface area (Å²) in [5.41, 5.74) is 2.93. The Labute approximate surface area is 136 Å². The van der Waals surface area contributed by atoms with E-state index in [-0.39, 0.29) is 0 Å². The van der Waals surface area contributed by atoms with Gasteiger partial charge < -0.3 is 9.84 Å². The lowest BCUT2D eigenvalue weighted by molar-refractivity contribution is -0.0993. The van der Waals surface area contributed by atoms with Crippen molar-refractivity contribution in [3.63, 3.8) is 0 Å². The summed E-state index contributed by atoms with van der Waals surface area (Å²) >= 11 is 0. The third kappa shape index (κ3) is 4.70. The van der Waals surface area contributed by atoms with Gasteiger partial charge in [0.15, 0.2) is 6.29 Å². The van der Waals surface area contributed by atoms with E-state index in [9.17, 15) is 5.11 Å². The summed E-state index contributed by atoms with van der Waals surface area (Å²) in [7, 11) is 0. The molecular formula is C20H34O2. The van der Waals surface area contributed by atoms with Crippen molar-refractivity contribution in [1.29, 1.82) is 0 Å². The van der Waals surface area contributed by atoms with E-state index in [0.29, 0.717) is 23.7 Å². The highest BCUT2D eigenvalue weighted by Crippen LogP contribution is 2.43. The van der Waals surface area contributed by atoms with Gasteiger partial charge in [0.25, 0.3) is 0 Å². The summed E-state index contributed by atoms with van der Waals surface area (Å²) in [6, 6.07) is 0. The Morgan fingerprint density at radius 1 is 1.41 bits per heavy atom. The van der Waals surface area contributed by atoms with Crippen molar-refractivity contribution in [2.45, 2.75) is 72.5 Å². The van der Waals surface area contributed by atoms with Crippen molar-refractivity contribution in [2.75, 3.05) is 6.61 Å². The molecule has 0 radical (unpaired) electrons. The molecule has 0 aromatic carbocycles. The molecule has 2 aliphatic rings. The smallest absolute Gasteiger partial charge is 0.157 e. The lowest BCUT2D eigenvalue weighted by Gasteiger charge is -2.33. The number of rotatable bonds is 4. The normalized spacial score (nSPS) is 36.3. The molecule has 5 atom stereocenters. The molecule has 5 unspecified atom stereocenters. The molecule has 0 aromatic rings. The van der Waals surface area contributed by atoms with Crippen molar-refractivity contribution in [3.05, 3.63) is 23.3 Å². The van der Waals surface area contributed by atoms with E-state index in [4.69, 9.17) is 4.74 Å². The van der Waals surface area contributed by atoms with Gasteiger partial charge in [-0.05, 0) is 77.0 Å². The third-order valence-electron chi connectivity index (χ3n) is 5.66. The minimum Gasteiger partial charge on any atom is -0.368 e. The number of ether oxygens (including phenoxy) is 1. The Bertz CT molecular complexity index is 406. The van der Waals surface area contributed by atoms with Crippen molar-refractivity contribution < 1.29 is 9.84 Å². The summed E-state index contributed by atoms with van der Waals surface area (Å²) in [4.78, 5) is 0. The van der Waals surface area contributed by atoms with Crippen LogP contribution in [0, 0.1) is 23.7 Å². The molecule has 1 saturated heterocycles. The van der Waals surface area contributed by atoms with Gasteiger partial charge in [-0.2, -0.15) is 0 Å². The first kappa shape index (κ1) is 17.7. The van der Waals surface area contributed by atoms with Crippen molar-refractivity contribution in [1.82, 2.24) is 0 Å². The molecule has 22 heavy (non-hydrogen) atoms. The van der Waals surface area contributed by atoms with Crippen molar-refractivity contribution in [2.24, 2.45) is 23.7 Å². The highest BCUT2D eigenvalue weighted by Gasteiger charge is 2.42. The molecule has 2 heteroatoms. The van der Waals surface area contributed by atoms with E-state index in [1.807, 2.05) is 0 Å². The van der Waals surface area contributed by atoms with Crippen molar-refractivity contribution in [3.8, 4) is 0 Å². The van der Waals surface area contributed by atoms with Gasteiger partial charge in [-0.15, -0.1) is 0 Å². The molecule has 1 fully saturated rings. The molecular weight excluding hydrogens is 272 g/mol. The number of hydrogen-bond acceptors (Lipinski definition) is 2. The van der Waals surface area contributed by atoms with Crippen LogP contribution < -0.4 is 0 Å². The number of allylic oxidation sites excluding steroid dienone is 4. The zero-order chi connectivity index (χ0) is 16.1. The summed E-state index contributed by atoms with van der Waals surface area (Å²) in [5, 5.41) is 10.4. The van der Waals surface area contributed by atoms with Gasteiger partial charge in [0.1, 0.15) is 0 Å². The first-order chi connectivity index (χ1) is 10.5. The van der Waals surface area contributed by atoms with Crippen LogP contribution in [0.2, 0.25) is 0 Å². The minimum absolute atomic E-state index is 0.334. The standard InChI is InChI=1S/C20H34O2/c1-14(2)7-5-9-16(4)18-12-11-15(3)8-6-10-17-13-22-20(21)19(17)18/h7-8,16-21H,5-6,9-13H2,1-4H3/b15-8+. The molecule has 0 spiro atoms. The van der Waals surface area contributed by atoms with Gasteiger partial charge in [0, 0.05) is 5.92 Å². The van der Waals surface area contributed by atoms with Gasteiger partial charge in [-0.3, -0.25) is 0 Å². The van der Waals surface area contributed by atoms with Crippen LogP contribution in [0.1, 0.15) is 66.2 Å². The van der Waals surface area contributed by atoms with E-state index in [1.54, 1.807) is 0 Å². The molecule has 0 aromatic heterocycles. The fraction of sp³-hybridized carbons (Fsp3) is 0.800. The second kappa shape index (κ2) is 8.31. The average Bonchev–Trinajstić information content (AvgIpc) is 2.83. The molecule has 0 bridgehead atoms. The summed E-state index contributed by atoms with van der Waals surface area (Å²) < 4.78 is 5.62. The molecule has 2 nitrogen and oxygen atoms in total. The largest absolute Gasteiger partial charge is 0.368 e. The van der Waals surface area contributed by atoms with Crippen LogP contribution >= 0.6 is 0 Å². The summed E-state index contributed by atoms with van der Waals surface area (Å²) in [6.07, 6.45) is 11.2. The number of fused-ring (bicyclic) bond motifs is 1. The van der Waals surface area contributed by atoms with E-state index >= 15 is 0 Å². The Balaban J connectivity index is 2.08. The molecule has 0 saturated carbocycles. The Hall–Kier alpha value is -0.600. The van der Waals surface area contributed by atoms with Crippen LogP contribution in [0.5, 0.6) is 0 Å². The van der Waals surface area contributed by atoms with Crippen LogP contribution in [-0.2, 0) is 4.74 Å². The monoisotopic (exact) mass is 306 g/mol. The predicted octanol–water partition coefficient (Wildman–Crippen LogP) is 5.09. The van der Waals surface area contributed by atoms with Crippen LogP contribution in [0.15, 0.2) is 23.3 Å². The lowest BCUT2D eigenvalue weighted by Crippen LogP contribution is -2.32. The molecule has 1 heterocycles. The van der Waals surface area contributed by atoms with Crippen LogP contribution in [0.4, 0.5) is 0 Å². The fourth-order valence-electron chi connectivity index (χ4n) is 4.26. The third-order valence-corrected chi connectivity index (χ3v) is 5.66. The maximum Gasteiger partial charge on any atom is 0.157 e. The quantitative estimate of drug-likeness (QED) is 0.733. The molecule has 1 N–H and O–H groups in total.